The van der Waals surface area contributed by atoms with E-state index in [1.807, 2.05) is 55.5 Å². The average Bonchev–Trinajstić information content (AvgIpc) is 3.38. The van der Waals surface area contributed by atoms with Gasteiger partial charge < -0.3 is 15.0 Å². The number of esters is 1. The molecule has 0 aliphatic carbocycles. The number of fused-ring (bicyclic) bond motifs is 2. The summed E-state index contributed by atoms with van der Waals surface area (Å²) in [6.45, 7) is 5.19. The Morgan fingerprint density at radius 1 is 1.12 bits per heavy atom. The van der Waals surface area contributed by atoms with Crippen LogP contribution in [0.4, 0.5) is 0 Å². The molecule has 1 aliphatic heterocycles. The van der Waals surface area contributed by atoms with Crippen LogP contribution < -0.4 is 5.32 Å². The number of benzene rings is 2. The van der Waals surface area contributed by atoms with Crippen molar-refractivity contribution in [1.82, 2.24) is 20.2 Å². The van der Waals surface area contributed by atoms with Crippen molar-refractivity contribution in [2.24, 2.45) is 0 Å². The number of hydrogen-bond donors (Lipinski definition) is 2. The van der Waals surface area contributed by atoms with Crippen LogP contribution in [0.3, 0.4) is 0 Å². The molecule has 7 nitrogen and oxygen atoms in total. The summed E-state index contributed by atoms with van der Waals surface area (Å²) < 4.78 is 5.09. The molecule has 5 rings (SSSR count). The van der Waals surface area contributed by atoms with Crippen molar-refractivity contribution >= 4 is 33.7 Å². The van der Waals surface area contributed by atoms with Crippen LogP contribution in [-0.4, -0.2) is 52.5 Å². The van der Waals surface area contributed by atoms with Crippen LogP contribution in [0.2, 0.25) is 0 Å². The van der Waals surface area contributed by atoms with E-state index in [-0.39, 0.29) is 17.9 Å². The van der Waals surface area contributed by atoms with Gasteiger partial charge in [0.05, 0.1) is 23.7 Å². The molecule has 1 amide bonds. The van der Waals surface area contributed by atoms with Crippen LogP contribution in [0, 0.1) is 13.8 Å². The van der Waals surface area contributed by atoms with E-state index in [4.69, 9.17) is 4.74 Å². The Kier molecular flexibility index (Phi) is 5.79. The lowest BCUT2D eigenvalue weighted by Gasteiger charge is -2.22. The van der Waals surface area contributed by atoms with E-state index >= 15 is 0 Å². The fraction of sp³-hybridized carbons (Fsp3) is 0.296. The number of carbonyl (C=O) groups excluding carboxylic acids is 2. The Morgan fingerprint density at radius 3 is 2.74 bits per heavy atom. The second-order valence-electron chi connectivity index (χ2n) is 8.96. The Morgan fingerprint density at radius 2 is 1.91 bits per heavy atom. The number of hydrogen-bond acceptors (Lipinski definition) is 5. The molecule has 7 heteroatoms. The quantitative estimate of drug-likeness (QED) is 0.445. The Labute approximate surface area is 198 Å². The zero-order valence-corrected chi connectivity index (χ0v) is 19.6. The number of nitrogens with zero attached hydrogens (tertiary/aromatic N) is 2. The molecule has 1 fully saturated rings. The van der Waals surface area contributed by atoms with Gasteiger partial charge in [0.1, 0.15) is 6.04 Å². The zero-order valence-electron chi connectivity index (χ0n) is 19.6. The number of pyridine rings is 1. The summed E-state index contributed by atoms with van der Waals surface area (Å²) >= 11 is 0. The zero-order chi connectivity index (χ0) is 23.8. The van der Waals surface area contributed by atoms with Gasteiger partial charge in [0.25, 0.3) is 5.91 Å². The number of aromatic amines is 1. The smallest absolute Gasteiger partial charge is 0.323 e. The van der Waals surface area contributed by atoms with E-state index in [1.54, 1.807) is 6.20 Å². The minimum Gasteiger partial charge on any atom is -0.468 e. The third-order valence-electron chi connectivity index (χ3n) is 6.91. The molecule has 0 spiro atoms. The Hall–Kier alpha value is -3.71. The monoisotopic (exact) mass is 456 g/mol. The first-order valence-electron chi connectivity index (χ1n) is 11.5. The topological polar surface area (TPSA) is 87.3 Å². The van der Waals surface area contributed by atoms with Gasteiger partial charge in [-0.2, -0.15) is 0 Å². The molecular formula is C27H28N4O3. The molecular weight excluding hydrogens is 428 g/mol. The van der Waals surface area contributed by atoms with Crippen LogP contribution in [-0.2, 0) is 16.1 Å². The normalized spacial score (nSPS) is 18.4. The maximum Gasteiger partial charge on any atom is 0.323 e. The molecule has 2 aromatic heterocycles. The molecule has 0 radical (unpaired) electrons. The number of H-pyrrole nitrogens is 1. The third kappa shape index (κ3) is 3.92. The van der Waals surface area contributed by atoms with Crippen molar-refractivity contribution in [3.63, 3.8) is 0 Å². The van der Waals surface area contributed by atoms with Crippen LogP contribution in [0.5, 0.6) is 0 Å². The number of rotatable bonds is 5. The summed E-state index contributed by atoms with van der Waals surface area (Å²) in [5.41, 5.74) is 5.67. The number of likely N-dealkylation sites (tertiary alicyclic amines) is 1. The molecule has 2 atom stereocenters. The van der Waals surface area contributed by atoms with Crippen molar-refractivity contribution < 1.29 is 14.3 Å². The molecule has 34 heavy (non-hydrogen) atoms. The number of para-hydroxylation sites is 2. The van der Waals surface area contributed by atoms with Gasteiger partial charge in [0, 0.05) is 41.8 Å². The van der Waals surface area contributed by atoms with Crippen molar-refractivity contribution in [2.75, 3.05) is 13.7 Å². The predicted molar refractivity (Wildman–Crippen MR) is 132 cm³/mol. The summed E-state index contributed by atoms with van der Waals surface area (Å²) in [5.74, 6) is -0.426. The molecule has 1 saturated heterocycles. The van der Waals surface area contributed by atoms with Crippen LogP contribution in [0.1, 0.15) is 33.6 Å². The number of aryl methyl sites for hydroxylation is 2. The highest BCUT2D eigenvalue weighted by Gasteiger charge is 2.38. The molecule has 0 bridgehead atoms. The van der Waals surface area contributed by atoms with E-state index < -0.39 is 6.04 Å². The van der Waals surface area contributed by atoms with E-state index in [9.17, 15) is 9.59 Å². The van der Waals surface area contributed by atoms with Gasteiger partial charge in [-0.3, -0.25) is 19.5 Å². The molecule has 2 N–H and O–H groups in total. The van der Waals surface area contributed by atoms with Gasteiger partial charge in [-0.05, 0) is 49.6 Å². The second-order valence-corrected chi connectivity index (χ2v) is 8.96. The molecule has 1 aliphatic rings. The second kappa shape index (κ2) is 8.91. The fourth-order valence-corrected chi connectivity index (χ4v) is 5.01. The summed E-state index contributed by atoms with van der Waals surface area (Å²) in [7, 11) is 1.41. The number of carbonyl (C=O) groups is 2. The molecule has 2 aromatic carbocycles. The third-order valence-corrected chi connectivity index (χ3v) is 6.91. The van der Waals surface area contributed by atoms with Gasteiger partial charge in [0.15, 0.2) is 0 Å². The summed E-state index contributed by atoms with van der Waals surface area (Å²) in [6.07, 6.45) is 2.29. The lowest BCUT2D eigenvalue weighted by atomic mass is 10.1. The molecule has 0 unspecified atom stereocenters. The minimum atomic E-state index is -0.423. The van der Waals surface area contributed by atoms with E-state index in [0.717, 1.165) is 38.6 Å². The first-order chi connectivity index (χ1) is 16.5. The van der Waals surface area contributed by atoms with Gasteiger partial charge in [-0.1, -0.05) is 30.3 Å². The number of amides is 1. The van der Waals surface area contributed by atoms with Gasteiger partial charge >= 0.3 is 5.97 Å². The minimum absolute atomic E-state index is 0.142. The van der Waals surface area contributed by atoms with Gasteiger partial charge in [-0.25, -0.2) is 0 Å². The lowest BCUT2D eigenvalue weighted by molar-refractivity contribution is -0.146. The van der Waals surface area contributed by atoms with Crippen molar-refractivity contribution in [2.45, 2.75) is 38.9 Å². The fourth-order valence-electron chi connectivity index (χ4n) is 5.01. The Balaban J connectivity index is 1.38. The van der Waals surface area contributed by atoms with Gasteiger partial charge in [0.2, 0.25) is 0 Å². The Bertz CT molecular complexity index is 1390. The number of nitrogens with one attached hydrogen (secondary N) is 2. The molecule has 4 aromatic rings. The van der Waals surface area contributed by atoms with Crippen LogP contribution >= 0.6 is 0 Å². The molecule has 0 saturated carbocycles. The van der Waals surface area contributed by atoms with Crippen LogP contribution in [0.25, 0.3) is 21.8 Å². The first kappa shape index (κ1) is 22.1. The maximum atomic E-state index is 13.2. The number of ether oxygens (including phenoxy) is 1. The number of methoxy groups -OCH3 is 1. The lowest BCUT2D eigenvalue weighted by Crippen LogP contribution is -2.37. The van der Waals surface area contributed by atoms with E-state index in [2.05, 4.69) is 27.1 Å². The van der Waals surface area contributed by atoms with Crippen molar-refractivity contribution in [3.05, 3.63) is 77.1 Å². The number of aromatic nitrogens is 2. The van der Waals surface area contributed by atoms with Crippen molar-refractivity contribution in [1.29, 1.82) is 0 Å². The van der Waals surface area contributed by atoms with E-state index in [0.29, 0.717) is 25.1 Å². The first-order valence-corrected chi connectivity index (χ1v) is 11.5. The summed E-state index contributed by atoms with van der Waals surface area (Å²) in [5, 5.41) is 5.27. The highest BCUT2D eigenvalue weighted by Crippen LogP contribution is 2.27. The summed E-state index contributed by atoms with van der Waals surface area (Å²) in [6, 6.07) is 15.1. The van der Waals surface area contributed by atoms with Crippen molar-refractivity contribution in [3.8, 4) is 0 Å². The SMILES string of the molecule is COC(=O)[C@@H]1C[C@H](NC(=O)c2cccc3c(C)c(C)[nH]c23)CN1Cc1ccnc2ccccc12. The molecule has 3 heterocycles. The standard InChI is InChI=1S/C27H28N4O3/c1-16-17(2)29-25-20(16)8-6-9-22(25)26(32)30-19-13-24(27(33)34-3)31(15-19)14-18-11-12-28-23-10-5-4-7-21(18)23/h4-12,19,24,29H,13-15H2,1-3H3,(H,30,32)/t19-,24-/m0/s1. The predicted octanol–water partition coefficient (Wildman–Crippen LogP) is 3.88. The largest absolute Gasteiger partial charge is 0.468 e. The van der Waals surface area contributed by atoms with E-state index in [1.165, 1.54) is 7.11 Å². The maximum absolute atomic E-state index is 13.2. The summed E-state index contributed by atoms with van der Waals surface area (Å²) in [4.78, 5) is 35.7. The van der Waals surface area contributed by atoms with Gasteiger partial charge in [-0.15, -0.1) is 0 Å². The highest BCUT2D eigenvalue weighted by molar-refractivity contribution is 6.06. The van der Waals surface area contributed by atoms with Crippen LogP contribution in [0.15, 0.2) is 54.7 Å². The highest BCUT2D eigenvalue weighted by atomic mass is 16.5. The molecule has 174 valence electrons. The average molecular weight is 457 g/mol.